The zero-order chi connectivity index (χ0) is 18.1. The van der Waals surface area contributed by atoms with Gasteiger partial charge >= 0.3 is 6.03 Å². The highest BCUT2D eigenvalue weighted by molar-refractivity contribution is 5.75. The molecule has 2 fully saturated rings. The predicted octanol–water partition coefficient (Wildman–Crippen LogP) is 2.39. The molecule has 1 N–H and O–H groups in total. The highest BCUT2D eigenvalue weighted by atomic mass is 19.1. The number of urea groups is 1. The van der Waals surface area contributed by atoms with E-state index in [9.17, 15) is 9.18 Å². The Morgan fingerprint density at radius 2 is 2.12 bits per heavy atom. The average Bonchev–Trinajstić information content (AvgIpc) is 3.25. The van der Waals surface area contributed by atoms with Crippen LogP contribution in [0.2, 0.25) is 0 Å². The maximum atomic E-state index is 13.0. The molecule has 26 heavy (non-hydrogen) atoms. The number of carbonyl (C=O) groups is 1. The van der Waals surface area contributed by atoms with Crippen molar-refractivity contribution in [1.82, 2.24) is 20.4 Å². The first-order valence-electron chi connectivity index (χ1n) is 8.93. The normalized spacial score (nSPS) is 24.4. The second-order valence-electron chi connectivity index (χ2n) is 7.03. The van der Waals surface area contributed by atoms with Gasteiger partial charge in [-0.25, -0.2) is 9.18 Å². The molecule has 1 saturated carbocycles. The summed E-state index contributed by atoms with van der Waals surface area (Å²) in [6.45, 7) is 1.62. The van der Waals surface area contributed by atoms with E-state index >= 15 is 0 Å². The molecular formula is C19H22FN5O. The van der Waals surface area contributed by atoms with Crippen LogP contribution in [0.1, 0.15) is 24.3 Å². The highest BCUT2D eigenvalue weighted by Gasteiger charge is 2.41. The van der Waals surface area contributed by atoms with Crippen molar-refractivity contribution in [3.8, 4) is 0 Å². The molecule has 6 nitrogen and oxygen atoms in total. The Morgan fingerprint density at radius 3 is 2.85 bits per heavy atom. The lowest BCUT2D eigenvalue weighted by molar-refractivity contribution is 0.193. The molecule has 2 aromatic rings. The number of carbonyl (C=O) groups excluding carboxylic acids is 1. The van der Waals surface area contributed by atoms with Crippen LogP contribution in [0.4, 0.5) is 15.0 Å². The molecule has 3 atom stereocenters. The van der Waals surface area contributed by atoms with Crippen LogP contribution in [0.3, 0.4) is 0 Å². The summed E-state index contributed by atoms with van der Waals surface area (Å²) < 4.78 is 13.0. The standard InChI is InChI=1S/C19H22FN5O/c1-24(15-8-10-25(12-15)18-3-2-9-21-23-18)19(26)22-17-11-16(17)13-4-6-14(20)7-5-13/h2-7,9,15-17H,8,10-12H2,1H3,(H,22,26)/t15?,16-,17+/m0/s1. The number of benzene rings is 1. The van der Waals surface area contributed by atoms with E-state index in [0.717, 1.165) is 37.3 Å². The Morgan fingerprint density at radius 1 is 1.31 bits per heavy atom. The van der Waals surface area contributed by atoms with Crippen LogP contribution in [0, 0.1) is 5.82 Å². The second kappa shape index (κ2) is 6.90. The van der Waals surface area contributed by atoms with E-state index in [0.29, 0.717) is 0 Å². The second-order valence-corrected chi connectivity index (χ2v) is 7.03. The number of aromatic nitrogens is 2. The fourth-order valence-electron chi connectivity index (χ4n) is 3.59. The van der Waals surface area contributed by atoms with Crippen molar-refractivity contribution in [2.24, 2.45) is 0 Å². The van der Waals surface area contributed by atoms with Crippen LogP contribution in [-0.2, 0) is 0 Å². The van der Waals surface area contributed by atoms with Gasteiger partial charge in [-0.15, -0.1) is 5.10 Å². The van der Waals surface area contributed by atoms with Crippen molar-refractivity contribution in [2.45, 2.75) is 30.8 Å². The Hall–Kier alpha value is -2.70. The van der Waals surface area contributed by atoms with E-state index in [1.807, 2.05) is 19.2 Å². The van der Waals surface area contributed by atoms with E-state index in [1.54, 1.807) is 23.2 Å². The van der Waals surface area contributed by atoms with Crippen LogP contribution >= 0.6 is 0 Å². The molecular weight excluding hydrogens is 333 g/mol. The monoisotopic (exact) mass is 355 g/mol. The number of anilines is 1. The summed E-state index contributed by atoms with van der Waals surface area (Å²) in [7, 11) is 1.84. The lowest BCUT2D eigenvalue weighted by Gasteiger charge is -2.25. The zero-order valence-corrected chi connectivity index (χ0v) is 14.7. The first-order chi connectivity index (χ1) is 12.6. The highest BCUT2D eigenvalue weighted by Crippen LogP contribution is 2.40. The minimum Gasteiger partial charge on any atom is -0.353 e. The third kappa shape index (κ3) is 3.47. The van der Waals surface area contributed by atoms with Gasteiger partial charge in [0.1, 0.15) is 5.82 Å². The van der Waals surface area contributed by atoms with Gasteiger partial charge in [-0.05, 0) is 42.7 Å². The fourth-order valence-corrected chi connectivity index (χ4v) is 3.59. The summed E-state index contributed by atoms with van der Waals surface area (Å²) in [5.74, 6) is 0.901. The number of hydrogen-bond acceptors (Lipinski definition) is 4. The Bertz CT molecular complexity index is 769. The number of nitrogens with one attached hydrogen (secondary N) is 1. The molecule has 0 bridgehead atoms. The minimum atomic E-state index is -0.233. The number of amides is 2. The molecule has 1 aliphatic carbocycles. The summed E-state index contributed by atoms with van der Waals surface area (Å²) in [5.41, 5.74) is 1.08. The fraction of sp³-hybridized carbons (Fsp3) is 0.421. The molecule has 4 rings (SSSR count). The minimum absolute atomic E-state index is 0.0504. The summed E-state index contributed by atoms with van der Waals surface area (Å²) in [4.78, 5) is 16.5. The largest absolute Gasteiger partial charge is 0.353 e. The Labute approximate surface area is 152 Å². The maximum absolute atomic E-state index is 13.0. The van der Waals surface area contributed by atoms with Crippen molar-refractivity contribution >= 4 is 11.8 Å². The smallest absolute Gasteiger partial charge is 0.317 e. The number of likely N-dealkylation sites (N-methyl/N-ethyl adjacent to an activating group) is 1. The molecule has 2 aliphatic rings. The van der Waals surface area contributed by atoms with Crippen molar-refractivity contribution in [3.05, 3.63) is 54.0 Å². The zero-order valence-electron chi connectivity index (χ0n) is 14.7. The van der Waals surface area contributed by atoms with Crippen LogP contribution in [-0.4, -0.2) is 53.3 Å². The van der Waals surface area contributed by atoms with Crippen LogP contribution in [0.25, 0.3) is 0 Å². The lowest BCUT2D eigenvalue weighted by Crippen LogP contribution is -2.45. The van der Waals surface area contributed by atoms with Gasteiger partial charge in [0.15, 0.2) is 5.82 Å². The number of halogens is 1. The molecule has 2 heterocycles. The van der Waals surface area contributed by atoms with Gasteiger partial charge in [0.2, 0.25) is 0 Å². The van der Waals surface area contributed by atoms with Gasteiger partial charge < -0.3 is 15.1 Å². The molecule has 1 saturated heterocycles. The molecule has 1 aromatic heterocycles. The molecule has 0 radical (unpaired) electrons. The summed E-state index contributed by atoms with van der Waals surface area (Å²) in [6.07, 6.45) is 3.47. The van der Waals surface area contributed by atoms with Gasteiger partial charge in [-0.3, -0.25) is 0 Å². The van der Waals surface area contributed by atoms with Gasteiger partial charge in [0, 0.05) is 38.3 Å². The van der Waals surface area contributed by atoms with Gasteiger partial charge in [-0.1, -0.05) is 12.1 Å². The number of hydrogen-bond donors (Lipinski definition) is 1. The Balaban J connectivity index is 1.30. The quantitative estimate of drug-likeness (QED) is 0.915. The summed E-state index contributed by atoms with van der Waals surface area (Å²) >= 11 is 0. The SMILES string of the molecule is CN(C(=O)N[C@@H]1C[C@H]1c1ccc(F)cc1)C1CCN(c2cccnn2)C1. The van der Waals surface area contributed by atoms with Gasteiger partial charge in [0.05, 0.1) is 6.04 Å². The van der Waals surface area contributed by atoms with Crippen molar-refractivity contribution < 1.29 is 9.18 Å². The third-order valence-corrected chi connectivity index (χ3v) is 5.31. The molecule has 1 aromatic carbocycles. The van der Waals surface area contributed by atoms with Crippen LogP contribution < -0.4 is 10.2 Å². The number of nitrogens with zero attached hydrogens (tertiary/aromatic N) is 4. The maximum Gasteiger partial charge on any atom is 0.317 e. The van der Waals surface area contributed by atoms with Crippen LogP contribution in [0.5, 0.6) is 0 Å². The predicted molar refractivity (Wildman–Crippen MR) is 96.5 cm³/mol. The van der Waals surface area contributed by atoms with Crippen LogP contribution in [0.15, 0.2) is 42.6 Å². The first kappa shape index (κ1) is 16.8. The Kier molecular flexibility index (Phi) is 4.44. The summed E-state index contributed by atoms with van der Waals surface area (Å²) in [5, 5.41) is 11.1. The van der Waals surface area contributed by atoms with Crippen molar-refractivity contribution in [3.63, 3.8) is 0 Å². The van der Waals surface area contributed by atoms with Crippen molar-refractivity contribution in [2.75, 3.05) is 25.0 Å². The van der Waals surface area contributed by atoms with E-state index < -0.39 is 0 Å². The molecule has 2 amide bonds. The topological polar surface area (TPSA) is 61.4 Å². The third-order valence-electron chi connectivity index (χ3n) is 5.31. The van der Waals surface area contributed by atoms with Gasteiger partial charge in [-0.2, -0.15) is 5.10 Å². The van der Waals surface area contributed by atoms with E-state index in [1.165, 1.54) is 12.1 Å². The molecule has 136 valence electrons. The molecule has 1 aliphatic heterocycles. The van der Waals surface area contributed by atoms with Crippen molar-refractivity contribution in [1.29, 1.82) is 0 Å². The first-order valence-corrected chi connectivity index (χ1v) is 8.93. The molecule has 1 unspecified atom stereocenters. The van der Waals surface area contributed by atoms with E-state index in [2.05, 4.69) is 20.4 Å². The summed E-state index contributed by atoms with van der Waals surface area (Å²) in [6, 6.07) is 10.6. The molecule has 0 spiro atoms. The van der Waals surface area contributed by atoms with E-state index in [-0.39, 0.29) is 29.8 Å². The van der Waals surface area contributed by atoms with Gasteiger partial charge in [0.25, 0.3) is 0 Å². The van der Waals surface area contributed by atoms with E-state index in [4.69, 9.17) is 0 Å². The molecule has 7 heteroatoms. The average molecular weight is 355 g/mol. The lowest BCUT2D eigenvalue weighted by atomic mass is 10.1. The number of rotatable bonds is 4.